The number of nitrogens with two attached hydrogens (primary N) is 2. The van der Waals surface area contributed by atoms with Gasteiger partial charge in [0.25, 0.3) is 5.91 Å². The smallest absolute Gasteiger partial charge is 0.480 e. The molecule has 0 aliphatic carbocycles. The molecule has 1 atom stereocenters. The Morgan fingerprint density at radius 1 is 0.971 bits per heavy atom. The molecule has 3 rings (SSSR count). The van der Waals surface area contributed by atoms with Gasteiger partial charge in [0.1, 0.15) is 11.9 Å². The molecule has 0 spiro atoms. The average Bonchev–Trinajstić information content (AvgIpc) is 2.77. The Labute approximate surface area is 217 Å². The second kappa shape index (κ2) is 11.6. The van der Waals surface area contributed by atoms with E-state index in [1.165, 1.54) is 0 Å². The third-order valence-corrected chi connectivity index (χ3v) is 5.08. The minimum absolute atomic E-state index is 0. The Balaban J connectivity index is 0.00000408. The number of carbonyl (C=O) groups excluding carboxylic acids is 1. The minimum atomic E-state index is -1.39. The van der Waals surface area contributed by atoms with Gasteiger partial charge < -0.3 is 27.0 Å². The first-order chi connectivity index (χ1) is 15.6. The molecular weight excluding hydrogens is 449 g/mol. The van der Waals surface area contributed by atoms with Gasteiger partial charge in [0.15, 0.2) is 0 Å². The zero-order chi connectivity index (χ0) is 24.1. The van der Waals surface area contributed by atoms with E-state index in [0.717, 1.165) is 16.5 Å². The Kier molecular flexibility index (Phi) is 9.13. The Morgan fingerprint density at radius 2 is 1.59 bits per heavy atom. The SMILES string of the molecule is C=C(CC(NC(=O)c1ccc(CCc2ccc3nc(N)nc(N)c3c2)cc1)C(=O)O)C(=O)O.[Na+]. The Bertz CT molecular complexity index is 1250. The van der Waals surface area contributed by atoms with Crippen molar-refractivity contribution in [1.29, 1.82) is 0 Å². The number of aryl methyl sites for hydroxylation is 2. The zero-order valence-corrected chi connectivity index (χ0v) is 20.6. The Morgan fingerprint density at radius 3 is 2.21 bits per heavy atom. The number of hydrogen-bond acceptors (Lipinski definition) is 7. The van der Waals surface area contributed by atoms with Crippen LogP contribution in [0.5, 0.6) is 0 Å². The summed E-state index contributed by atoms with van der Waals surface area (Å²) < 4.78 is 0. The molecular formula is C23H23N5NaO5+. The molecule has 2 aromatic carbocycles. The van der Waals surface area contributed by atoms with E-state index in [2.05, 4.69) is 21.9 Å². The molecule has 11 heteroatoms. The van der Waals surface area contributed by atoms with Gasteiger partial charge in [-0.3, -0.25) is 4.79 Å². The van der Waals surface area contributed by atoms with Gasteiger partial charge in [0.2, 0.25) is 5.95 Å². The number of benzene rings is 2. The van der Waals surface area contributed by atoms with Crippen LogP contribution < -0.4 is 46.3 Å². The van der Waals surface area contributed by atoms with Crippen molar-refractivity contribution in [2.24, 2.45) is 0 Å². The number of carboxylic acids is 2. The number of carboxylic acid groups (broad SMARTS) is 2. The van der Waals surface area contributed by atoms with Crippen LogP contribution in [0.3, 0.4) is 0 Å². The van der Waals surface area contributed by atoms with Crippen molar-refractivity contribution in [2.45, 2.75) is 25.3 Å². The number of nitrogens with one attached hydrogen (secondary N) is 1. The van der Waals surface area contributed by atoms with Crippen LogP contribution in [0.1, 0.15) is 27.9 Å². The summed E-state index contributed by atoms with van der Waals surface area (Å²) in [6.07, 6.45) is 1.01. The first kappa shape index (κ1) is 26.8. The van der Waals surface area contributed by atoms with Crippen LogP contribution in [0.2, 0.25) is 0 Å². The first-order valence-electron chi connectivity index (χ1n) is 9.99. The fourth-order valence-electron chi connectivity index (χ4n) is 3.26. The van der Waals surface area contributed by atoms with Crippen molar-refractivity contribution < 1.29 is 54.2 Å². The molecule has 7 N–H and O–H groups in total. The zero-order valence-electron chi connectivity index (χ0n) is 18.6. The molecule has 34 heavy (non-hydrogen) atoms. The molecule has 0 saturated heterocycles. The molecule has 1 aromatic heterocycles. The first-order valence-corrected chi connectivity index (χ1v) is 9.99. The number of nitrogen functional groups attached to an aromatic ring is 2. The number of hydrogen-bond donors (Lipinski definition) is 5. The van der Waals surface area contributed by atoms with E-state index in [1.807, 2.05) is 18.2 Å². The van der Waals surface area contributed by atoms with Crippen molar-refractivity contribution in [1.82, 2.24) is 15.3 Å². The normalized spacial score (nSPS) is 11.3. The van der Waals surface area contributed by atoms with Crippen molar-refractivity contribution in [3.8, 4) is 0 Å². The summed E-state index contributed by atoms with van der Waals surface area (Å²) in [5.41, 5.74) is 14.2. The number of amides is 1. The van der Waals surface area contributed by atoms with Crippen molar-refractivity contribution in [3.05, 3.63) is 71.3 Å². The maximum absolute atomic E-state index is 12.4. The summed E-state index contributed by atoms with van der Waals surface area (Å²) in [4.78, 5) is 42.8. The molecule has 0 saturated carbocycles. The summed E-state index contributed by atoms with van der Waals surface area (Å²) in [7, 11) is 0. The largest absolute Gasteiger partial charge is 1.00 e. The van der Waals surface area contributed by atoms with E-state index in [-0.39, 0.29) is 46.6 Å². The molecule has 0 aliphatic heterocycles. The van der Waals surface area contributed by atoms with Crippen LogP contribution in [0.15, 0.2) is 54.6 Å². The summed E-state index contributed by atoms with van der Waals surface area (Å²) >= 11 is 0. The number of anilines is 2. The monoisotopic (exact) mass is 472 g/mol. The molecule has 1 unspecified atom stereocenters. The third-order valence-electron chi connectivity index (χ3n) is 5.08. The van der Waals surface area contributed by atoms with E-state index in [4.69, 9.17) is 16.6 Å². The second-order valence-corrected chi connectivity index (χ2v) is 7.49. The molecule has 1 heterocycles. The van der Waals surface area contributed by atoms with Gasteiger partial charge in [-0.2, -0.15) is 4.98 Å². The van der Waals surface area contributed by atoms with E-state index < -0.39 is 30.3 Å². The van der Waals surface area contributed by atoms with Crippen molar-refractivity contribution in [2.75, 3.05) is 11.5 Å². The fraction of sp³-hybridized carbons (Fsp3) is 0.174. The Hall–Kier alpha value is -3.47. The molecule has 0 aliphatic rings. The molecule has 170 valence electrons. The van der Waals surface area contributed by atoms with Crippen LogP contribution in [0.4, 0.5) is 11.8 Å². The van der Waals surface area contributed by atoms with Gasteiger partial charge in [-0.1, -0.05) is 24.8 Å². The number of fused-ring (bicyclic) bond motifs is 1. The molecule has 10 nitrogen and oxygen atoms in total. The number of aliphatic carboxylic acids is 2. The fourth-order valence-corrected chi connectivity index (χ4v) is 3.26. The summed E-state index contributed by atoms with van der Waals surface area (Å²) in [5, 5.41) is 21.2. The van der Waals surface area contributed by atoms with Crippen LogP contribution in [-0.2, 0) is 22.4 Å². The van der Waals surface area contributed by atoms with E-state index in [0.29, 0.717) is 24.2 Å². The number of carbonyl (C=O) groups is 3. The summed E-state index contributed by atoms with van der Waals surface area (Å²) in [6, 6.07) is 11.0. The second-order valence-electron chi connectivity index (χ2n) is 7.49. The van der Waals surface area contributed by atoms with Crippen LogP contribution >= 0.6 is 0 Å². The van der Waals surface area contributed by atoms with Gasteiger partial charge in [0.05, 0.1) is 5.52 Å². The number of rotatable bonds is 9. The van der Waals surface area contributed by atoms with Crippen LogP contribution in [0, 0.1) is 0 Å². The van der Waals surface area contributed by atoms with Gasteiger partial charge >= 0.3 is 41.5 Å². The maximum atomic E-state index is 12.4. The molecule has 1 amide bonds. The minimum Gasteiger partial charge on any atom is -0.480 e. The average molecular weight is 472 g/mol. The van der Waals surface area contributed by atoms with E-state index in [9.17, 15) is 19.5 Å². The van der Waals surface area contributed by atoms with Gasteiger partial charge in [-0.05, 0) is 48.2 Å². The molecule has 0 bridgehead atoms. The standard InChI is InChI=1S/C23H23N5O5.Na/c1-12(21(30)31)10-18(22(32)33)26-20(29)15-7-4-13(5-8-15)2-3-14-6-9-17-16(11-14)19(24)28-23(25)27-17;/h4-9,11,18H,1-3,10H2,(H,26,29)(H,30,31)(H,32,33)(H4,24,25,27,28);/q;+1. The molecule has 0 radical (unpaired) electrons. The number of nitrogens with zero attached hydrogens (tertiary/aromatic N) is 2. The van der Waals surface area contributed by atoms with Crippen LogP contribution in [-0.4, -0.2) is 44.1 Å². The number of aromatic nitrogens is 2. The predicted molar refractivity (Wildman–Crippen MR) is 122 cm³/mol. The summed E-state index contributed by atoms with van der Waals surface area (Å²) in [5.74, 6) is -2.83. The van der Waals surface area contributed by atoms with Crippen LogP contribution in [0.25, 0.3) is 10.9 Å². The predicted octanol–water partition coefficient (Wildman–Crippen LogP) is -1.20. The van der Waals surface area contributed by atoms with Gasteiger partial charge in [-0.25, -0.2) is 14.6 Å². The van der Waals surface area contributed by atoms with E-state index in [1.54, 1.807) is 24.3 Å². The van der Waals surface area contributed by atoms with Crippen molar-refractivity contribution >= 4 is 40.5 Å². The maximum Gasteiger partial charge on any atom is 1.00 e. The molecule has 0 fully saturated rings. The topological polar surface area (TPSA) is 182 Å². The molecule has 3 aromatic rings. The van der Waals surface area contributed by atoms with Gasteiger partial charge in [-0.15, -0.1) is 0 Å². The quantitative estimate of drug-likeness (QED) is 0.189. The third kappa shape index (κ3) is 6.77. The summed E-state index contributed by atoms with van der Waals surface area (Å²) in [6.45, 7) is 3.31. The van der Waals surface area contributed by atoms with Gasteiger partial charge in [0, 0.05) is 22.9 Å². The van der Waals surface area contributed by atoms with E-state index >= 15 is 0 Å². The van der Waals surface area contributed by atoms with Crippen molar-refractivity contribution in [3.63, 3.8) is 0 Å².